The number of rotatable bonds is 6. The predicted molar refractivity (Wildman–Crippen MR) is 81.3 cm³/mol. The van der Waals surface area contributed by atoms with Crippen molar-refractivity contribution in [2.24, 2.45) is 5.73 Å². The van der Waals surface area contributed by atoms with E-state index in [9.17, 15) is 0 Å². The number of hydrogen-bond acceptors (Lipinski definition) is 4. The molecule has 2 N–H and O–H groups in total. The van der Waals surface area contributed by atoms with Gasteiger partial charge in [0.15, 0.2) is 0 Å². The van der Waals surface area contributed by atoms with Crippen LogP contribution in [0.2, 0.25) is 0 Å². The molecule has 102 valence electrons. The molecule has 2 heterocycles. The van der Waals surface area contributed by atoms with Gasteiger partial charge in [0, 0.05) is 23.7 Å². The molecule has 0 aliphatic rings. The molecule has 3 nitrogen and oxygen atoms in total. The molecule has 4 heteroatoms. The van der Waals surface area contributed by atoms with Crippen LogP contribution in [-0.4, -0.2) is 29.5 Å². The van der Waals surface area contributed by atoms with Crippen molar-refractivity contribution < 1.29 is 0 Å². The Morgan fingerprint density at radius 3 is 2.74 bits per heavy atom. The molecule has 2 aromatic rings. The molecule has 0 saturated heterocycles. The summed E-state index contributed by atoms with van der Waals surface area (Å²) in [7, 11) is 2.13. The van der Waals surface area contributed by atoms with Gasteiger partial charge in [0.25, 0.3) is 0 Å². The zero-order valence-electron chi connectivity index (χ0n) is 11.5. The molecule has 2 unspecified atom stereocenters. The summed E-state index contributed by atoms with van der Waals surface area (Å²) in [6.07, 6.45) is 2.88. The minimum absolute atomic E-state index is 0.177. The summed E-state index contributed by atoms with van der Waals surface area (Å²) in [5.74, 6) is 0. The summed E-state index contributed by atoms with van der Waals surface area (Å²) in [5.41, 5.74) is 6.98. The van der Waals surface area contributed by atoms with Crippen LogP contribution in [0, 0.1) is 0 Å². The summed E-state index contributed by atoms with van der Waals surface area (Å²) < 4.78 is 0. The molecule has 2 rings (SSSR count). The van der Waals surface area contributed by atoms with Gasteiger partial charge in [-0.25, -0.2) is 0 Å². The Balaban J connectivity index is 2.06. The number of likely N-dealkylation sites (N-methyl/N-ethyl adjacent to an activating group) is 1. The molecule has 19 heavy (non-hydrogen) atoms. The van der Waals surface area contributed by atoms with E-state index >= 15 is 0 Å². The lowest BCUT2D eigenvalue weighted by Crippen LogP contribution is -2.38. The van der Waals surface area contributed by atoms with Crippen molar-refractivity contribution in [2.45, 2.75) is 25.4 Å². The Morgan fingerprint density at radius 2 is 2.16 bits per heavy atom. The average molecular weight is 275 g/mol. The normalized spacial score (nSPS) is 14.5. The fourth-order valence-corrected chi connectivity index (χ4v) is 3.07. The van der Waals surface area contributed by atoms with Crippen LogP contribution < -0.4 is 5.73 Å². The third kappa shape index (κ3) is 3.62. The molecule has 0 radical (unpaired) electrons. The second-order valence-corrected chi connectivity index (χ2v) is 5.84. The Bertz CT molecular complexity index is 469. The first-order valence-electron chi connectivity index (χ1n) is 6.57. The van der Waals surface area contributed by atoms with Crippen LogP contribution in [0.25, 0.3) is 0 Å². The van der Waals surface area contributed by atoms with E-state index in [0.29, 0.717) is 12.6 Å². The van der Waals surface area contributed by atoms with Crippen molar-refractivity contribution >= 4 is 11.3 Å². The average Bonchev–Trinajstić information content (AvgIpc) is 2.93. The van der Waals surface area contributed by atoms with Gasteiger partial charge >= 0.3 is 0 Å². The highest BCUT2D eigenvalue weighted by Gasteiger charge is 2.21. The first kappa shape index (κ1) is 14.2. The van der Waals surface area contributed by atoms with Crippen molar-refractivity contribution in [2.75, 3.05) is 13.6 Å². The summed E-state index contributed by atoms with van der Waals surface area (Å²) in [6.45, 7) is 2.83. The summed E-state index contributed by atoms with van der Waals surface area (Å²) in [5, 5.41) is 2.13. The molecule has 0 fully saturated rings. The SMILES string of the molecule is CC(Cc1cccs1)N(C)C(CN)c1ccccn1. The second-order valence-electron chi connectivity index (χ2n) is 4.80. The zero-order chi connectivity index (χ0) is 13.7. The van der Waals surface area contributed by atoms with Gasteiger partial charge in [0.2, 0.25) is 0 Å². The zero-order valence-corrected chi connectivity index (χ0v) is 12.3. The predicted octanol–water partition coefficient (Wildman–Crippen LogP) is 2.71. The van der Waals surface area contributed by atoms with Crippen molar-refractivity contribution in [3.63, 3.8) is 0 Å². The Kier molecular flexibility index (Phi) is 5.07. The number of nitrogens with zero attached hydrogens (tertiary/aromatic N) is 2. The van der Waals surface area contributed by atoms with E-state index in [1.165, 1.54) is 4.88 Å². The van der Waals surface area contributed by atoms with E-state index < -0.39 is 0 Å². The monoisotopic (exact) mass is 275 g/mol. The highest BCUT2D eigenvalue weighted by molar-refractivity contribution is 7.09. The highest BCUT2D eigenvalue weighted by Crippen LogP contribution is 2.21. The van der Waals surface area contributed by atoms with E-state index in [2.05, 4.69) is 41.4 Å². The lowest BCUT2D eigenvalue weighted by atomic mass is 10.1. The van der Waals surface area contributed by atoms with E-state index in [0.717, 1.165) is 12.1 Å². The molecule has 0 spiro atoms. The van der Waals surface area contributed by atoms with Crippen LogP contribution in [0.3, 0.4) is 0 Å². The Hall–Kier alpha value is -1.23. The fourth-order valence-electron chi connectivity index (χ4n) is 2.24. The maximum atomic E-state index is 5.94. The molecule has 0 saturated carbocycles. The maximum absolute atomic E-state index is 5.94. The molecule has 0 aliphatic heterocycles. The number of hydrogen-bond donors (Lipinski definition) is 1. The van der Waals surface area contributed by atoms with Gasteiger partial charge in [0.05, 0.1) is 11.7 Å². The van der Waals surface area contributed by atoms with E-state index in [1.807, 2.05) is 35.7 Å². The summed E-state index contributed by atoms with van der Waals surface area (Å²) in [6, 6.07) is 10.9. The first-order valence-corrected chi connectivity index (χ1v) is 7.45. The number of nitrogens with two attached hydrogens (primary N) is 1. The molecule has 2 atom stereocenters. The van der Waals surface area contributed by atoms with Gasteiger partial charge in [-0.2, -0.15) is 0 Å². The molecular weight excluding hydrogens is 254 g/mol. The summed E-state index contributed by atoms with van der Waals surface area (Å²) in [4.78, 5) is 8.17. The molecule has 0 aromatic carbocycles. The van der Waals surface area contributed by atoms with Crippen LogP contribution in [-0.2, 0) is 6.42 Å². The minimum atomic E-state index is 0.177. The standard InChI is InChI=1S/C15H21N3S/c1-12(10-13-6-5-9-19-13)18(2)15(11-16)14-7-3-4-8-17-14/h3-9,12,15H,10-11,16H2,1-2H3. The van der Waals surface area contributed by atoms with Crippen molar-refractivity contribution in [1.29, 1.82) is 0 Å². The number of pyridine rings is 1. The molecular formula is C15H21N3S. The third-order valence-corrected chi connectivity index (χ3v) is 4.41. The highest BCUT2D eigenvalue weighted by atomic mass is 32.1. The second kappa shape index (κ2) is 6.80. The maximum Gasteiger partial charge on any atom is 0.0644 e. The number of aromatic nitrogens is 1. The van der Waals surface area contributed by atoms with Gasteiger partial charge in [-0.15, -0.1) is 11.3 Å². The van der Waals surface area contributed by atoms with Gasteiger partial charge in [-0.3, -0.25) is 9.88 Å². The van der Waals surface area contributed by atoms with Gasteiger partial charge in [-0.05, 0) is 44.0 Å². The van der Waals surface area contributed by atoms with Crippen molar-refractivity contribution in [3.05, 3.63) is 52.5 Å². The van der Waals surface area contributed by atoms with Crippen molar-refractivity contribution in [1.82, 2.24) is 9.88 Å². The Morgan fingerprint density at radius 1 is 1.32 bits per heavy atom. The fraction of sp³-hybridized carbons (Fsp3) is 0.400. The van der Waals surface area contributed by atoms with Gasteiger partial charge < -0.3 is 5.73 Å². The molecule has 0 aliphatic carbocycles. The van der Waals surface area contributed by atoms with E-state index in [4.69, 9.17) is 5.73 Å². The topological polar surface area (TPSA) is 42.1 Å². The largest absolute Gasteiger partial charge is 0.329 e. The van der Waals surface area contributed by atoms with Crippen LogP contribution >= 0.6 is 11.3 Å². The molecule has 2 aromatic heterocycles. The van der Waals surface area contributed by atoms with Crippen LogP contribution in [0.4, 0.5) is 0 Å². The first-order chi connectivity index (χ1) is 9.22. The lowest BCUT2D eigenvalue weighted by molar-refractivity contribution is 0.185. The molecule has 0 bridgehead atoms. The Labute approximate surface area is 119 Å². The van der Waals surface area contributed by atoms with Crippen LogP contribution in [0.5, 0.6) is 0 Å². The molecule has 0 amide bonds. The smallest absolute Gasteiger partial charge is 0.0644 e. The van der Waals surface area contributed by atoms with Crippen LogP contribution in [0.15, 0.2) is 41.9 Å². The van der Waals surface area contributed by atoms with Crippen LogP contribution in [0.1, 0.15) is 23.5 Å². The quantitative estimate of drug-likeness (QED) is 0.881. The van der Waals surface area contributed by atoms with E-state index in [-0.39, 0.29) is 6.04 Å². The van der Waals surface area contributed by atoms with Crippen molar-refractivity contribution in [3.8, 4) is 0 Å². The van der Waals surface area contributed by atoms with Gasteiger partial charge in [-0.1, -0.05) is 12.1 Å². The lowest BCUT2D eigenvalue weighted by Gasteiger charge is -2.32. The summed E-state index contributed by atoms with van der Waals surface area (Å²) >= 11 is 1.81. The minimum Gasteiger partial charge on any atom is -0.329 e. The van der Waals surface area contributed by atoms with E-state index in [1.54, 1.807) is 0 Å². The third-order valence-electron chi connectivity index (χ3n) is 3.52. The number of thiophene rings is 1. The van der Waals surface area contributed by atoms with Gasteiger partial charge in [0.1, 0.15) is 0 Å².